The van der Waals surface area contributed by atoms with Crippen LogP contribution in [-0.2, 0) is 10.0 Å². The van der Waals surface area contributed by atoms with Crippen molar-refractivity contribution in [2.24, 2.45) is 0 Å². The number of aliphatic hydroxyl groups excluding tert-OH is 2. The van der Waals surface area contributed by atoms with Crippen LogP contribution in [0.5, 0.6) is 0 Å². The molecule has 0 saturated carbocycles. The van der Waals surface area contributed by atoms with Crippen molar-refractivity contribution in [2.45, 2.75) is 17.4 Å². The van der Waals surface area contributed by atoms with Gasteiger partial charge in [0.15, 0.2) is 0 Å². The lowest BCUT2D eigenvalue weighted by atomic mass is 10.1. The molecule has 0 aliphatic rings. The number of aliphatic hydroxyl groups is 2. The summed E-state index contributed by atoms with van der Waals surface area (Å²) in [5, 5.41) is 26.9. The number of nitriles is 1. The second kappa shape index (κ2) is 5.86. The normalized spacial score (nSPS) is 12.2. The summed E-state index contributed by atoms with van der Waals surface area (Å²) in [6.07, 6.45) is 0. The molecule has 0 aromatic heterocycles. The lowest BCUT2D eigenvalue weighted by molar-refractivity contribution is 0.122. The summed E-state index contributed by atoms with van der Waals surface area (Å²) in [4.78, 5) is -0.148. The number of benzene rings is 1. The zero-order valence-electron chi connectivity index (χ0n) is 10.1. The van der Waals surface area contributed by atoms with Crippen molar-refractivity contribution in [1.29, 1.82) is 5.26 Å². The molecule has 0 unspecified atom stereocenters. The van der Waals surface area contributed by atoms with E-state index in [1.165, 1.54) is 19.1 Å². The number of nitrogens with zero attached hydrogens (tertiary/aromatic N) is 1. The second-order valence-electron chi connectivity index (χ2n) is 4.24. The van der Waals surface area contributed by atoms with E-state index in [2.05, 4.69) is 4.72 Å². The van der Waals surface area contributed by atoms with E-state index in [0.717, 1.165) is 6.07 Å². The molecule has 8 heteroatoms. The predicted octanol–water partition coefficient (Wildman–Crippen LogP) is 0.233. The molecular weight excluding hydrogens is 292 g/mol. The smallest absolute Gasteiger partial charge is 0.241 e. The highest BCUT2D eigenvalue weighted by atomic mass is 35.5. The van der Waals surface area contributed by atoms with Gasteiger partial charge in [-0.3, -0.25) is 0 Å². The largest absolute Gasteiger partial charge is 0.394 e. The van der Waals surface area contributed by atoms with Gasteiger partial charge in [0.05, 0.1) is 34.2 Å². The Bertz CT molecular complexity index is 606. The quantitative estimate of drug-likeness (QED) is 0.721. The maximum atomic E-state index is 12.0. The van der Waals surface area contributed by atoms with E-state index in [4.69, 9.17) is 27.1 Å². The van der Waals surface area contributed by atoms with Gasteiger partial charge in [-0.1, -0.05) is 11.6 Å². The van der Waals surface area contributed by atoms with Crippen molar-refractivity contribution in [1.82, 2.24) is 4.72 Å². The van der Waals surface area contributed by atoms with Crippen LogP contribution in [0.1, 0.15) is 12.5 Å². The summed E-state index contributed by atoms with van der Waals surface area (Å²) in [6.45, 7) is 0.231. The molecular formula is C11H13ClN2O4S. The maximum absolute atomic E-state index is 12.0. The molecule has 0 fully saturated rings. The summed E-state index contributed by atoms with van der Waals surface area (Å²) >= 11 is 5.76. The van der Waals surface area contributed by atoms with E-state index < -0.39 is 28.8 Å². The zero-order valence-corrected chi connectivity index (χ0v) is 11.7. The molecule has 1 aromatic carbocycles. The van der Waals surface area contributed by atoms with Gasteiger partial charge >= 0.3 is 0 Å². The Morgan fingerprint density at radius 1 is 1.42 bits per heavy atom. The van der Waals surface area contributed by atoms with Crippen LogP contribution in [0.4, 0.5) is 0 Å². The SMILES string of the molecule is CC(CO)(CO)NS(=O)(=O)c1ccc(C#N)c(Cl)c1. The molecule has 0 aliphatic carbocycles. The molecule has 0 amide bonds. The van der Waals surface area contributed by atoms with Crippen LogP contribution in [0.25, 0.3) is 0 Å². The fourth-order valence-corrected chi connectivity index (χ4v) is 2.95. The van der Waals surface area contributed by atoms with Crippen molar-refractivity contribution in [2.75, 3.05) is 13.2 Å². The van der Waals surface area contributed by atoms with Gasteiger partial charge in [-0.05, 0) is 25.1 Å². The average Bonchev–Trinajstić information content (AvgIpc) is 2.38. The van der Waals surface area contributed by atoms with Crippen LogP contribution in [0.2, 0.25) is 5.02 Å². The van der Waals surface area contributed by atoms with Crippen LogP contribution in [0.15, 0.2) is 23.1 Å². The van der Waals surface area contributed by atoms with Crippen LogP contribution in [-0.4, -0.2) is 37.4 Å². The Labute approximate surface area is 116 Å². The van der Waals surface area contributed by atoms with Crippen LogP contribution in [0, 0.1) is 11.3 Å². The fourth-order valence-electron chi connectivity index (χ4n) is 1.25. The molecule has 1 aromatic rings. The first kappa shape index (κ1) is 15.9. The van der Waals surface area contributed by atoms with Crippen LogP contribution >= 0.6 is 11.6 Å². The van der Waals surface area contributed by atoms with Crippen molar-refractivity contribution < 1.29 is 18.6 Å². The molecule has 3 N–H and O–H groups in total. The highest BCUT2D eigenvalue weighted by Crippen LogP contribution is 2.21. The van der Waals surface area contributed by atoms with E-state index in [1.54, 1.807) is 0 Å². The Kier molecular flexibility index (Phi) is 4.90. The monoisotopic (exact) mass is 304 g/mol. The number of halogens is 1. The molecule has 0 spiro atoms. The fraction of sp³-hybridized carbons (Fsp3) is 0.364. The average molecular weight is 305 g/mol. The highest BCUT2D eigenvalue weighted by molar-refractivity contribution is 7.89. The summed E-state index contributed by atoms with van der Waals surface area (Å²) in [5.41, 5.74) is -1.22. The molecule has 6 nitrogen and oxygen atoms in total. The molecule has 0 radical (unpaired) electrons. The van der Waals surface area contributed by atoms with Crippen molar-refractivity contribution in [3.8, 4) is 6.07 Å². The van der Waals surface area contributed by atoms with Crippen molar-refractivity contribution >= 4 is 21.6 Å². The molecule has 0 heterocycles. The summed E-state index contributed by atoms with van der Waals surface area (Å²) < 4.78 is 26.3. The van der Waals surface area contributed by atoms with Gasteiger partial charge in [-0.15, -0.1) is 0 Å². The minimum Gasteiger partial charge on any atom is -0.394 e. The molecule has 0 saturated heterocycles. The van der Waals surface area contributed by atoms with E-state index in [-0.39, 0.29) is 15.5 Å². The molecule has 104 valence electrons. The van der Waals surface area contributed by atoms with Gasteiger partial charge in [0.2, 0.25) is 10.0 Å². The van der Waals surface area contributed by atoms with Gasteiger partial charge in [0.1, 0.15) is 6.07 Å². The molecule has 0 aliphatic heterocycles. The number of hydrogen-bond donors (Lipinski definition) is 3. The molecule has 0 bridgehead atoms. The van der Waals surface area contributed by atoms with Gasteiger partial charge in [0.25, 0.3) is 0 Å². The Balaban J connectivity index is 3.15. The first-order chi connectivity index (χ1) is 8.78. The minimum atomic E-state index is -3.95. The molecule has 0 atom stereocenters. The van der Waals surface area contributed by atoms with Crippen molar-refractivity contribution in [3.05, 3.63) is 28.8 Å². The summed E-state index contributed by atoms with van der Waals surface area (Å²) in [5.74, 6) is 0. The topological polar surface area (TPSA) is 110 Å². The maximum Gasteiger partial charge on any atom is 0.241 e. The number of rotatable bonds is 5. The Morgan fingerprint density at radius 3 is 2.42 bits per heavy atom. The Morgan fingerprint density at radius 2 is 2.00 bits per heavy atom. The second-order valence-corrected chi connectivity index (χ2v) is 6.33. The number of nitrogens with one attached hydrogen (secondary N) is 1. The lowest BCUT2D eigenvalue weighted by Gasteiger charge is -2.25. The summed E-state index contributed by atoms with van der Waals surface area (Å²) in [6, 6.07) is 5.46. The van der Waals surface area contributed by atoms with E-state index in [1.807, 2.05) is 6.07 Å². The zero-order chi connectivity index (χ0) is 14.7. The minimum absolute atomic E-state index is 0.0140. The first-order valence-electron chi connectivity index (χ1n) is 5.23. The van der Waals surface area contributed by atoms with Gasteiger partial charge in [0, 0.05) is 0 Å². The Hall–Kier alpha value is -1.17. The van der Waals surface area contributed by atoms with Crippen LogP contribution < -0.4 is 4.72 Å². The van der Waals surface area contributed by atoms with E-state index in [0.29, 0.717) is 0 Å². The lowest BCUT2D eigenvalue weighted by Crippen LogP contribution is -2.51. The third kappa shape index (κ3) is 3.65. The van der Waals surface area contributed by atoms with Gasteiger partial charge < -0.3 is 10.2 Å². The first-order valence-corrected chi connectivity index (χ1v) is 7.09. The third-order valence-electron chi connectivity index (χ3n) is 2.45. The molecule has 1 rings (SSSR count). The molecule has 19 heavy (non-hydrogen) atoms. The van der Waals surface area contributed by atoms with E-state index >= 15 is 0 Å². The third-order valence-corrected chi connectivity index (χ3v) is 4.40. The standard InChI is InChI=1S/C11H13ClN2O4S/c1-11(6-15,7-16)14-19(17,18)9-3-2-8(5-13)10(12)4-9/h2-4,14-16H,6-7H2,1H3. The highest BCUT2D eigenvalue weighted by Gasteiger charge is 2.29. The predicted molar refractivity (Wildman–Crippen MR) is 69.1 cm³/mol. The van der Waals surface area contributed by atoms with Crippen molar-refractivity contribution in [3.63, 3.8) is 0 Å². The summed E-state index contributed by atoms with van der Waals surface area (Å²) in [7, 11) is -3.95. The van der Waals surface area contributed by atoms with Gasteiger partial charge in [-0.2, -0.15) is 5.26 Å². The van der Waals surface area contributed by atoms with Crippen LogP contribution in [0.3, 0.4) is 0 Å². The van der Waals surface area contributed by atoms with E-state index in [9.17, 15) is 8.42 Å². The van der Waals surface area contributed by atoms with Gasteiger partial charge in [-0.25, -0.2) is 13.1 Å². The number of hydrogen-bond acceptors (Lipinski definition) is 5. The number of sulfonamides is 1.